The zero-order valence-corrected chi connectivity index (χ0v) is 12.8. The molecule has 1 fully saturated rings. The highest BCUT2D eigenvalue weighted by Crippen LogP contribution is 2.29. The smallest absolute Gasteiger partial charge is 0.244 e. The average molecular weight is 305 g/mol. The van der Waals surface area contributed by atoms with Gasteiger partial charge in [0.15, 0.2) is 0 Å². The molecule has 0 saturated carbocycles. The Kier molecular flexibility index (Phi) is 4.62. The Bertz CT molecular complexity index is 536. The van der Waals surface area contributed by atoms with Crippen LogP contribution in [0, 0.1) is 13.8 Å². The van der Waals surface area contributed by atoms with Gasteiger partial charge in [-0.2, -0.15) is 4.31 Å². The van der Waals surface area contributed by atoms with Crippen molar-refractivity contribution >= 4 is 21.4 Å². The number of ether oxygens (including phenoxy) is 1. The van der Waals surface area contributed by atoms with E-state index >= 15 is 0 Å². The van der Waals surface area contributed by atoms with Gasteiger partial charge in [0.25, 0.3) is 0 Å². The lowest BCUT2D eigenvalue weighted by molar-refractivity contribution is 0.0237. The van der Waals surface area contributed by atoms with Crippen LogP contribution in [0.4, 0.5) is 0 Å². The zero-order chi connectivity index (χ0) is 14.0. The maximum Gasteiger partial charge on any atom is 0.244 e. The topological polar surface area (TPSA) is 66.8 Å². The first kappa shape index (κ1) is 14.9. The molecule has 1 N–H and O–H groups in total. The third-order valence-electron chi connectivity index (χ3n) is 3.22. The summed E-state index contributed by atoms with van der Waals surface area (Å²) in [6, 6.07) is 1.45. The predicted octanol–water partition coefficient (Wildman–Crippen LogP) is 1.14. The van der Waals surface area contributed by atoms with E-state index in [0.717, 1.165) is 9.75 Å². The first-order valence-corrected chi connectivity index (χ1v) is 8.50. The monoisotopic (exact) mass is 305 g/mol. The highest BCUT2D eigenvalue weighted by Gasteiger charge is 2.35. The van der Waals surface area contributed by atoms with Crippen LogP contribution >= 0.6 is 11.3 Å². The van der Waals surface area contributed by atoms with Crippen molar-refractivity contribution in [3.8, 4) is 0 Å². The van der Waals surface area contributed by atoms with E-state index in [1.165, 1.54) is 15.6 Å². The van der Waals surface area contributed by atoms with Crippen molar-refractivity contribution in [2.24, 2.45) is 0 Å². The normalized spacial score (nSPS) is 21.7. The zero-order valence-electron chi connectivity index (χ0n) is 11.1. The average Bonchev–Trinajstić information content (AvgIpc) is 2.70. The van der Waals surface area contributed by atoms with E-state index in [9.17, 15) is 8.42 Å². The number of hydrogen-bond donors (Lipinski definition) is 1. The number of hydrogen-bond acceptors (Lipinski definition) is 5. The minimum absolute atomic E-state index is 0.0400. The van der Waals surface area contributed by atoms with Gasteiger partial charge in [-0.1, -0.05) is 0 Å². The van der Waals surface area contributed by atoms with Gasteiger partial charge in [0.2, 0.25) is 10.0 Å². The van der Waals surface area contributed by atoms with Gasteiger partial charge in [0, 0.05) is 22.9 Å². The molecule has 0 unspecified atom stereocenters. The first-order chi connectivity index (χ1) is 8.96. The van der Waals surface area contributed by atoms with E-state index in [0.29, 0.717) is 31.1 Å². The van der Waals surface area contributed by atoms with Gasteiger partial charge in [0.05, 0.1) is 24.2 Å². The summed E-state index contributed by atoms with van der Waals surface area (Å²) in [6.07, 6.45) is 0.404. The Morgan fingerprint density at radius 2 is 2.26 bits per heavy atom. The number of aryl methyl sites for hydroxylation is 2. The molecule has 2 rings (SSSR count). The Balaban J connectivity index is 2.34. The van der Waals surface area contributed by atoms with Gasteiger partial charge in [-0.05, 0) is 26.3 Å². The van der Waals surface area contributed by atoms with Crippen LogP contribution in [0.1, 0.15) is 16.2 Å². The van der Waals surface area contributed by atoms with E-state index in [1.807, 2.05) is 13.8 Å². The summed E-state index contributed by atoms with van der Waals surface area (Å²) >= 11 is 1.49. The molecule has 1 atom stereocenters. The first-order valence-electron chi connectivity index (χ1n) is 6.24. The van der Waals surface area contributed by atoms with Gasteiger partial charge in [0.1, 0.15) is 0 Å². The lowest BCUT2D eigenvalue weighted by Crippen LogP contribution is -2.48. The second-order valence-corrected chi connectivity index (χ2v) is 7.95. The molecule has 108 valence electrons. The van der Waals surface area contributed by atoms with Crippen molar-refractivity contribution in [1.82, 2.24) is 4.31 Å². The van der Waals surface area contributed by atoms with Gasteiger partial charge in [-0.15, -0.1) is 11.3 Å². The van der Waals surface area contributed by atoms with Crippen molar-refractivity contribution in [3.63, 3.8) is 0 Å². The lowest BCUT2D eigenvalue weighted by Gasteiger charge is -2.34. The molecule has 0 amide bonds. The van der Waals surface area contributed by atoms with E-state index in [4.69, 9.17) is 9.84 Å². The molecule has 2 heterocycles. The third-order valence-corrected chi connectivity index (χ3v) is 6.39. The maximum absolute atomic E-state index is 12.7. The van der Waals surface area contributed by atoms with Crippen LogP contribution < -0.4 is 0 Å². The molecule has 1 saturated heterocycles. The Hall–Kier alpha value is -0.470. The summed E-state index contributed by atoms with van der Waals surface area (Å²) in [4.78, 5) is 2.19. The predicted molar refractivity (Wildman–Crippen MR) is 74.0 cm³/mol. The molecule has 19 heavy (non-hydrogen) atoms. The van der Waals surface area contributed by atoms with Crippen LogP contribution in [-0.4, -0.2) is 50.2 Å². The van der Waals surface area contributed by atoms with E-state index in [2.05, 4.69) is 0 Å². The fraction of sp³-hybridized carbons (Fsp3) is 0.667. The lowest BCUT2D eigenvalue weighted by atomic mass is 10.2. The Morgan fingerprint density at radius 1 is 1.53 bits per heavy atom. The van der Waals surface area contributed by atoms with Gasteiger partial charge >= 0.3 is 0 Å². The van der Waals surface area contributed by atoms with Crippen molar-refractivity contribution in [1.29, 1.82) is 0 Å². The van der Waals surface area contributed by atoms with Crippen LogP contribution in [0.25, 0.3) is 0 Å². The standard InChI is InChI=1S/C12H19NO4S2/c1-9-7-12(10(2)18-9)19(15,16)13-4-6-17-8-11(13)3-5-14/h7,11,14H,3-6,8H2,1-2H3/t11-/m0/s1. The molecule has 0 aliphatic carbocycles. The Labute approximate surface area is 117 Å². The van der Waals surface area contributed by atoms with Gasteiger partial charge in [-0.3, -0.25) is 0 Å². The molecule has 1 aromatic rings. The molecule has 1 aromatic heterocycles. The number of sulfonamides is 1. The molecule has 1 aliphatic heterocycles. The number of morpholine rings is 1. The van der Waals surface area contributed by atoms with Crippen molar-refractivity contribution in [2.75, 3.05) is 26.4 Å². The van der Waals surface area contributed by atoms with E-state index in [1.54, 1.807) is 6.07 Å². The van der Waals surface area contributed by atoms with Crippen molar-refractivity contribution in [3.05, 3.63) is 15.8 Å². The van der Waals surface area contributed by atoms with Crippen LogP contribution in [0.15, 0.2) is 11.0 Å². The summed E-state index contributed by atoms with van der Waals surface area (Å²) < 4.78 is 32.2. The number of aliphatic hydroxyl groups is 1. The minimum Gasteiger partial charge on any atom is -0.396 e. The van der Waals surface area contributed by atoms with Crippen LogP contribution in [0.3, 0.4) is 0 Å². The molecule has 0 aromatic carbocycles. The van der Waals surface area contributed by atoms with E-state index < -0.39 is 10.0 Å². The molecular weight excluding hydrogens is 286 g/mol. The van der Waals surface area contributed by atoms with Crippen LogP contribution in [0.2, 0.25) is 0 Å². The second kappa shape index (κ2) is 5.88. The quantitative estimate of drug-likeness (QED) is 0.906. The summed E-state index contributed by atoms with van der Waals surface area (Å²) in [7, 11) is -3.49. The fourth-order valence-electron chi connectivity index (χ4n) is 2.32. The summed E-state index contributed by atoms with van der Waals surface area (Å²) in [6.45, 7) is 4.79. The van der Waals surface area contributed by atoms with Crippen LogP contribution in [0.5, 0.6) is 0 Å². The Morgan fingerprint density at radius 3 is 2.84 bits per heavy atom. The summed E-state index contributed by atoms with van der Waals surface area (Å²) in [5.74, 6) is 0. The summed E-state index contributed by atoms with van der Waals surface area (Å²) in [5.41, 5.74) is 0. The molecule has 0 spiro atoms. The molecule has 7 heteroatoms. The molecule has 5 nitrogen and oxygen atoms in total. The minimum atomic E-state index is -3.49. The molecule has 1 aliphatic rings. The molecule has 0 bridgehead atoms. The van der Waals surface area contributed by atoms with Gasteiger partial charge < -0.3 is 9.84 Å². The fourth-order valence-corrected chi connectivity index (χ4v) is 5.47. The maximum atomic E-state index is 12.7. The SMILES string of the molecule is Cc1cc(S(=O)(=O)N2CCOC[C@@H]2CCO)c(C)s1. The third kappa shape index (κ3) is 3.00. The largest absolute Gasteiger partial charge is 0.396 e. The number of aliphatic hydroxyl groups excluding tert-OH is 1. The van der Waals surface area contributed by atoms with Crippen LogP contribution in [-0.2, 0) is 14.8 Å². The summed E-state index contributed by atoms with van der Waals surface area (Å²) in [5, 5.41) is 9.06. The highest BCUT2D eigenvalue weighted by atomic mass is 32.2. The van der Waals surface area contributed by atoms with Gasteiger partial charge in [-0.25, -0.2) is 8.42 Å². The highest BCUT2D eigenvalue weighted by molar-refractivity contribution is 7.89. The number of nitrogens with zero attached hydrogens (tertiary/aromatic N) is 1. The second-order valence-electron chi connectivity index (χ2n) is 4.63. The molecule has 0 radical (unpaired) electrons. The number of thiophene rings is 1. The van der Waals surface area contributed by atoms with Crippen molar-refractivity contribution < 1.29 is 18.3 Å². The molecular formula is C12H19NO4S2. The number of rotatable bonds is 4. The van der Waals surface area contributed by atoms with Crippen molar-refractivity contribution in [2.45, 2.75) is 31.2 Å². The van der Waals surface area contributed by atoms with E-state index in [-0.39, 0.29) is 12.6 Å².